The van der Waals surface area contributed by atoms with Gasteiger partial charge in [-0.15, -0.1) is 11.6 Å². The van der Waals surface area contributed by atoms with Crippen LogP contribution in [0.3, 0.4) is 0 Å². The molecule has 0 spiro atoms. The Bertz CT molecular complexity index is 590. The van der Waals surface area contributed by atoms with Crippen LogP contribution < -0.4 is 9.75 Å². The minimum Gasteiger partial charge on any atom is -0.497 e. The third-order valence-corrected chi connectivity index (χ3v) is 4.03. The van der Waals surface area contributed by atoms with E-state index in [9.17, 15) is 0 Å². The van der Waals surface area contributed by atoms with Gasteiger partial charge >= 0.3 is 0 Å². The number of halogens is 1. The lowest BCUT2D eigenvalue weighted by Crippen LogP contribution is -2.40. The second kappa shape index (κ2) is 5.92. The lowest BCUT2D eigenvalue weighted by Gasteiger charge is -2.31. The van der Waals surface area contributed by atoms with Crippen LogP contribution >= 0.6 is 11.6 Å². The summed E-state index contributed by atoms with van der Waals surface area (Å²) in [5.74, 6) is 2.51. The van der Waals surface area contributed by atoms with Gasteiger partial charge in [0.2, 0.25) is 0 Å². The first-order valence-corrected chi connectivity index (χ1v) is 7.73. The number of hydrogen-bond acceptors (Lipinski definition) is 3. The van der Waals surface area contributed by atoms with E-state index in [1.165, 1.54) is 19.3 Å². The Labute approximate surface area is 124 Å². The van der Waals surface area contributed by atoms with E-state index in [0.717, 1.165) is 42.1 Å². The first-order valence-electron chi connectivity index (χ1n) is 7.20. The molecule has 5 heteroatoms. The van der Waals surface area contributed by atoms with Gasteiger partial charge in [0.05, 0.1) is 18.1 Å². The third kappa shape index (κ3) is 2.44. The molecule has 1 aliphatic heterocycles. The maximum Gasteiger partial charge on any atom is 0.130 e. The van der Waals surface area contributed by atoms with Gasteiger partial charge < -0.3 is 9.75 Å². The number of alkyl halides is 1. The van der Waals surface area contributed by atoms with Gasteiger partial charge in [0.25, 0.3) is 0 Å². The summed E-state index contributed by atoms with van der Waals surface area (Å²) in [5, 5.41) is 2.39. The fourth-order valence-electron chi connectivity index (χ4n) is 2.86. The molecule has 4 nitrogen and oxygen atoms in total. The van der Waals surface area contributed by atoms with Crippen LogP contribution in [0.1, 0.15) is 25.1 Å². The maximum absolute atomic E-state index is 5.94. The Morgan fingerprint density at radius 3 is 2.75 bits per heavy atom. The predicted molar refractivity (Wildman–Crippen MR) is 82.5 cm³/mol. The van der Waals surface area contributed by atoms with Crippen LogP contribution in [0.15, 0.2) is 18.2 Å². The molecular formula is C15H20ClN3O. The van der Waals surface area contributed by atoms with Crippen molar-refractivity contribution in [2.45, 2.75) is 25.7 Å². The maximum atomic E-state index is 5.94. The SMILES string of the molecule is COc1ccc2nc(CCCl)n(N3CCCCC3)c2c1. The van der Waals surface area contributed by atoms with Crippen LogP contribution in [0, 0.1) is 0 Å². The number of fused-ring (bicyclic) bond motifs is 1. The van der Waals surface area contributed by atoms with Crippen LogP contribution in [0.25, 0.3) is 11.0 Å². The summed E-state index contributed by atoms with van der Waals surface area (Å²) in [5.41, 5.74) is 2.13. The Morgan fingerprint density at radius 1 is 1.25 bits per heavy atom. The van der Waals surface area contributed by atoms with Gasteiger partial charge in [-0.3, -0.25) is 0 Å². The number of aromatic nitrogens is 2. The van der Waals surface area contributed by atoms with Gasteiger partial charge in [0, 0.05) is 31.5 Å². The van der Waals surface area contributed by atoms with Crippen molar-refractivity contribution in [3.8, 4) is 5.75 Å². The molecule has 0 radical (unpaired) electrons. The Hall–Kier alpha value is -1.42. The van der Waals surface area contributed by atoms with Gasteiger partial charge in [-0.1, -0.05) is 0 Å². The molecule has 0 atom stereocenters. The molecule has 3 rings (SSSR count). The van der Waals surface area contributed by atoms with Crippen molar-refractivity contribution in [3.05, 3.63) is 24.0 Å². The van der Waals surface area contributed by atoms with E-state index in [-0.39, 0.29) is 0 Å². The highest BCUT2D eigenvalue weighted by Crippen LogP contribution is 2.24. The molecule has 0 unspecified atom stereocenters. The van der Waals surface area contributed by atoms with Crippen LogP contribution in [-0.2, 0) is 6.42 Å². The van der Waals surface area contributed by atoms with Crippen molar-refractivity contribution in [2.75, 3.05) is 31.1 Å². The van der Waals surface area contributed by atoms with Crippen molar-refractivity contribution in [3.63, 3.8) is 0 Å². The zero-order chi connectivity index (χ0) is 13.9. The van der Waals surface area contributed by atoms with Crippen molar-refractivity contribution >= 4 is 22.6 Å². The van der Waals surface area contributed by atoms with Gasteiger partial charge in [-0.05, 0) is 31.4 Å². The molecular weight excluding hydrogens is 274 g/mol. The number of methoxy groups -OCH3 is 1. The first kappa shape index (κ1) is 13.6. The van der Waals surface area contributed by atoms with E-state index >= 15 is 0 Å². The fourth-order valence-corrected chi connectivity index (χ4v) is 3.03. The topological polar surface area (TPSA) is 30.3 Å². The van der Waals surface area contributed by atoms with Gasteiger partial charge in [0.1, 0.15) is 11.6 Å². The molecule has 20 heavy (non-hydrogen) atoms. The fraction of sp³-hybridized carbons (Fsp3) is 0.533. The molecule has 0 N–H and O–H groups in total. The number of piperidine rings is 1. The molecule has 0 amide bonds. The number of imidazole rings is 1. The highest BCUT2D eigenvalue weighted by Gasteiger charge is 2.18. The standard InChI is InChI=1S/C15H20ClN3O/c1-20-12-5-6-13-14(11-12)19(15(17-13)7-8-16)18-9-3-2-4-10-18/h5-6,11H,2-4,7-10H2,1H3. The van der Waals surface area contributed by atoms with E-state index in [0.29, 0.717) is 5.88 Å². The molecule has 1 aromatic carbocycles. The number of rotatable bonds is 4. The summed E-state index contributed by atoms with van der Waals surface area (Å²) in [7, 11) is 1.70. The quantitative estimate of drug-likeness (QED) is 0.812. The number of benzene rings is 1. The molecule has 0 saturated carbocycles. The average Bonchev–Trinajstić information content (AvgIpc) is 2.85. The van der Waals surface area contributed by atoms with Crippen LogP contribution in [-0.4, -0.2) is 35.7 Å². The molecule has 2 heterocycles. The van der Waals surface area contributed by atoms with E-state index < -0.39 is 0 Å². The minimum absolute atomic E-state index is 0.592. The number of aryl methyl sites for hydroxylation is 1. The van der Waals surface area contributed by atoms with Crippen molar-refractivity contribution in [1.29, 1.82) is 0 Å². The Morgan fingerprint density at radius 2 is 2.05 bits per heavy atom. The second-order valence-electron chi connectivity index (χ2n) is 5.15. The summed E-state index contributed by atoms with van der Waals surface area (Å²) in [6, 6.07) is 6.04. The highest BCUT2D eigenvalue weighted by molar-refractivity contribution is 6.17. The summed E-state index contributed by atoms with van der Waals surface area (Å²) in [6.45, 7) is 2.16. The van der Waals surface area contributed by atoms with Crippen LogP contribution in [0.4, 0.5) is 0 Å². The monoisotopic (exact) mass is 293 g/mol. The summed E-state index contributed by atoms with van der Waals surface area (Å²) in [6.07, 6.45) is 4.58. The van der Waals surface area contributed by atoms with E-state index in [1.54, 1.807) is 7.11 Å². The zero-order valence-electron chi connectivity index (χ0n) is 11.8. The predicted octanol–water partition coefficient (Wildman–Crippen LogP) is 2.95. The zero-order valence-corrected chi connectivity index (χ0v) is 12.6. The average molecular weight is 294 g/mol. The van der Waals surface area contributed by atoms with E-state index in [1.807, 2.05) is 12.1 Å². The third-order valence-electron chi connectivity index (χ3n) is 3.84. The molecule has 2 aromatic rings. The summed E-state index contributed by atoms with van der Waals surface area (Å²) >= 11 is 5.94. The molecule has 108 valence electrons. The molecule has 1 aliphatic rings. The lowest BCUT2D eigenvalue weighted by atomic mass is 10.2. The molecule has 1 saturated heterocycles. The number of hydrogen-bond donors (Lipinski definition) is 0. The van der Waals surface area contributed by atoms with Crippen molar-refractivity contribution in [2.24, 2.45) is 0 Å². The van der Waals surface area contributed by atoms with Crippen LogP contribution in [0.2, 0.25) is 0 Å². The smallest absolute Gasteiger partial charge is 0.130 e. The van der Waals surface area contributed by atoms with Crippen molar-refractivity contribution < 1.29 is 4.74 Å². The molecule has 1 aromatic heterocycles. The molecule has 0 aliphatic carbocycles. The molecule has 1 fully saturated rings. The number of nitrogens with zero attached hydrogens (tertiary/aromatic N) is 3. The van der Waals surface area contributed by atoms with Crippen LogP contribution in [0.5, 0.6) is 5.75 Å². The van der Waals surface area contributed by atoms with Gasteiger partial charge in [-0.25, -0.2) is 9.66 Å². The normalized spacial score (nSPS) is 15.8. The lowest BCUT2D eigenvalue weighted by molar-refractivity contribution is 0.415. The van der Waals surface area contributed by atoms with Crippen molar-refractivity contribution in [1.82, 2.24) is 9.66 Å². The van der Waals surface area contributed by atoms with E-state index in [4.69, 9.17) is 21.3 Å². The Kier molecular flexibility index (Phi) is 4.01. The first-order chi connectivity index (χ1) is 9.83. The van der Waals surface area contributed by atoms with E-state index in [2.05, 4.69) is 15.8 Å². The van der Waals surface area contributed by atoms with Gasteiger partial charge in [-0.2, -0.15) is 0 Å². The highest BCUT2D eigenvalue weighted by atomic mass is 35.5. The minimum atomic E-state index is 0.592. The number of ether oxygens (including phenoxy) is 1. The largest absolute Gasteiger partial charge is 0.497 e. The summed E-state index contributed by atoms with van der Waals surface area (Å²) in [4.78, 5) is 4.73. The Balaban J connectivity index is 2.10. The summed E-state index contributed by atoms with van der Waals surface area (Å²) < 4.78 is 7.60. The van der Waals surface area contributed by atoms with Gasteiger partial charge in [0.15, 0.2) is 0 Å². The second-order valence-corrected chi connectivity index (χ2v) is 5.53. The molecule has 0 bridgehead atoms.